The molecule has 0 fully saturated rings. The van der Waals surface area contributed by atoms with E-state index in [2.05, 4.69) is 196 Å². The van der Waals surface area contributed by atoms with Crippen LogP contribution in [0.1, 0.15) is 25.0 Å². The molecule has 2 heteroatoms. The van der Waals surface area contributed by atoms with E-state index >= 15 is 0 Å². The minimum atomic E-state index is -0.149. The van der Waals surface area contributed by atoms with Gasteiger partial charge in [0.15, 0.2) is 0 Å². The van der Waals surface area contributed by atoms with Crippen LogP contribution in [0.25, 0.3) is 117 Å². The smallest absolute Gasteiger partial charge is 0.0448 e. The Balaban J connectivity index is 0.984. The van der Waals surface area contributed by atoms with Gasteiger partial charge in [-0.2, -0.15) is 0 Å². The molecule has 10 aromatic carbocycles. The third kappa shape index (κ3) is 4.65. The highest BCUT2D eigenvalue weighted by atomic mass is 32.1. The lowest BCUT2D eigenvalue weighted by atomic mass is 9.80. The Morgan fingerprint density at radius 3 is 1.75 bits per heavy atom. The molecule has 12 aromatic rings. The lowest BCUT2D eigenvalue weighted by Gasteiger charge is -2.23. The first-order valence-corrected chi connectivity index (χ1v) is 22.1. The van der Waals surface area contributed by atoms with Gasteiger partial charge in [-0.3, -0.25) is 0 Å². The summed E-state index contributed by atoms with van der Waals surface area (Å²) in [5, 5.41) is 13.2. The van der Waals surface area contributed by atoms with Crippen LogP contribution in [0.2, 0.25) is 0 Å². The van der Waals surface area contributed by atoms with Crippen LogP contribution in [0.4, 0.5) is 0 Å². The standard InChI is InChI=1S/C57H36S2/c1-57(2)48-29-26-34(37-21-12-23-46-54-51(59-55(37)46)30-28-45-39-16-9-10-24-50(39)58-56(45)54)31-47(48)38-27-25-35(32-49(38)57)52-41-17-5-7-19-43(41)53(44-20-8-6-18-42(44)52)40-22-11-14-33-13-3-4-15-36(33)40/h3-32H,1-2H3. The normalized spacial score (nSPS) is 13.4. The van der Waals surface area contributed by atoms with Gasteiger partial charge in [-0.05, 0) is 112 Å². The minimum Gasteiger partial charge on any atom is -0.134 e. The van der Waals surface area contributed by atoms with Crippen molar-refractivity contribution in [1.82, 2.24) is 0 Å². The quantitative estimate of drug-likeness (QED) is 0.157. The average Bonchev–Trinajstić information content (AvgIpc) is 3.92. The maximum Gasteiger partial charge on any atom is 0.0448 e. The summed E-state index contributed by atoms with van der Waals surface area (Å²) in [6, 6.07) is 68.5. The van der Waals surface area contributed by atoms with Crippen LogP contribution in [0.5, 0.6) is 0 Å². The molecule has 2 heterocycles. The van der Waals surface area contributed by atoms with E-state index in [0.717, 1.165) is 0 Å². The molecule has 0 N–H and O–H groups in total. The second-order valence-electron chi connectivity index (χ2n) is 16.7. The fourth-order valence-electron chi connectivity index (χ4n) is 10.5. The highest BCUT2D eigenvalue weighted by Gasteiger charge is 2.36. The maximum atomic E-state index is 2.50. The van der Waals surface area contributed by atoms with E-state index in [1.165, 1.54) is 128 Å². The molecule has 0 atom stereocenters. The van der Waals surface area contributed by atoms with Crippen molar-refractivity contribution in [3.05, 3.63) is 193 Å². The third-order valence-corrected chi connectivity index (χ3v) is 15.7. The monoisotopic (exact) mass is 784 g/mol. The Hall–Kier alpha value is -6.58. The molecule has 0 saturated heterocycles. The zero-order valence-electron chi connectivity index (χ0n) is 32.6. The SMILES string of the molecule is CC1(C)c2ccc(-c3cccc4c3sc3ccc5c6ccccc6sc5c34)cc2-c2ccc(-c3c4ccccc4c(-c4cccc5ccccc45)c4ccccc34)cc21. The van der Waals surface area contributed by atoms with Gasteiger partial charge in [0.05, 0.1) is 0 Å². The van der Waals surface area contributed by atoms with E-state index in [1.54, 1.807) is 0 Å². The summed E-state index contributed by atoms with van der Waals surface area (Å²) in [4.78, 5) is 0. The van der Waals surface area contributed by atoms with Gasteiger partial charge < -0.3 is 0 Å². The number of rotatable bonds is 3. The van der Waals surface area contributed by atoms with Crippen molar-refractivity contribution in [2.75, 3.05) is 0 Å². The van der Waals surface area contributed by atoms with Crippen LogP contribution in [-0.4, -0.2) is 0 Å². The van der Waals surface area contributed by atoms with E-state index in [9.17, 15) is 0 Å². The lowest BCUT2D eigenvalue weighted by Crippen LogP contribution is -2.15. The van der Waals surface area contributed by atoms with Crippen LogP contribution in [-0.2, 0) is 5.41 Å². The summed E-state index contributed by atoms with van der Waals surface area (Å²) in [7, 11) is 0. The van der Waals surface area contributed by atoms with Gasteiger partial charge in [-0.15, -0.1) is 22.7 Å². The number of thiophene rings is 2. The van der Waals surface area contributed by atoms with Crippen LogP contribution in [0.3, 0.4) is 0 Å². The largest absolute Gasteiger partial charge is 0.134 e. The van der Waals surface area contributed by atoms with Gasteiger partial charge in [0.1, 0.15) is 0 Å². The summed E-state index contributed by atoms with van der Waals surface area (Å²) < 4.78 is 5.48. The molecule has 1 aliphatic rings. The zero-order valence-corrected chi connectivity index (χ0v) is 34.3. The summed E-state index contributed by atoms with van der Waals surface area (Å²) in [6.45, 7) is 4.81. The van der Waals surface area contributed by atoms with Crippen molar-refractivity contribution >= 4 is 95.3 Å². The number of fused-ring (bicyclic) bond motifs is 13. The van der Waals surface area contributed by atoms with E-state index < -0.39 is 0 Å². The first kappa shape index (κ1) is 33.4. The van der Waals surface area contributed by atoms with Crippen LogP contribution in [0, 0.1) is 0 Å². The van der Waals surface area contributed by atoms with Crippen molar-refractivity contribution in [2.24, 2.45) is 0 Å². The molecular weight excluding hydrogens is 749 g/mol. The summed E-state index contributed by atoms with van der Waals surface area (Å²) in [5.74, 6) is 0. The molecule has 0 bridgehead atoms. The van der Waals surface area contributed by atoms with E-state index in [4.69, 9.17) is 0 Å². The first-order valence-electron chi connectivity index (χ1n) is 20.5. The van der Waals surface area contributed by atoms with Crippen molar-refractivity contribution in [3.63, 3.8) is 0 Å². The Kier molecular flexibility index (Phi) is 6.92. The van der Waals surface area contributed by atoms with E-state index in [1.807, 2.05) is 22.7 Å². The fourth-order valence-corrected chi connectivity index (χ4v) is 13.1. The lowest BCUT2D eigenvalue weighted by molar-refractivity contribution is 0.660. The molecular formula is C57H36S2. The molecule has 2 aromatic heterocycles. The number of hydrogen-bond donors (Lipinski definition) is 0. The van der Waals surface area contributed by atoms with Gasteiger partial charge in [-0.1, -0.05) is 172 Å². The van der Waals surface area contributed by atoms with Gasteiger partial charge in [0.2, 0.25) is 0 Å². The molecule has 0 unspecified atom stereocenters. The summed E-state index contributed by atoms with van der Waals surface area (Å²) >= 11 is 3.86. The Labute approximate surface area is 350 Å². The number of hydrogen-bond acceptors (Lipinski definition) is 2. The fraction of sp³-hybridized carbons (Fsp3) is 0.0526. The van der Waals surface area contributed by atoms with Gasteiger partial charge in [0.25, 0.3) is 0 Å². The minimum absolute atomic E-state index is 0.149. The average molecular weight is 785 g/mol. The van der Waals surface area contributed by atoms with Crippen molar-refractivity contribution in [1.29, 1.82) is 0 Å². The van der Waals surface area contributed by atoms with Gasteiger partial charge in [0, 0.05) is 45.8 Å². The highest BCUT2D eigenvalue weighted by molar-refractivity contribution is 7.30. The van der Waals surface area contributed by atoms with Crippen molar-refractivity contribution < 1.29 is 0 Å². The molecule has 0 saturated carbocycles. The van der Waals surface area contributed by atoms with Crippen LogP contribution >= 0.6 is 22.7 Å². The molecule has 59 heavy (non-hydrogen) atoms. The predicted molar refractivity (Wildman–Crippen MR) is 259 cm³/mol. The Morgan fingerprint density at radius 2 is 0.949 bits per heavy atom. The first-order chi connectivity index (χ1) is 29.0. The molecule has 0 spiro atoms. The van der Waals surface area contributed by atoms with Gasteiger partial charge >= 0.3 is 0 Å². The predicted octanol–water partition coefficient (Wildman–Crippen LogP) is 17.2. The molecule has 276 valence electrons. The topological polar surface area (TPSA) is 0 Å². The molecule has 13 rings (SSSR count). The van der Waals surface area contributed by atoms with Crippen LogP contribution in [0.15, 0.2) is 182 Å². The van der Waals surface area contributed by atoms with Crippen LogP contribution < -0.4 is 0 Å². The third-order valence-electron chi connectivity index (χ3n) is 13.3. The summed E-state index contributed by atoms with van der Waals surface area (Å²) in [6.07, 6.45) is 0. The summed E-state index contributed by atoms with van der Waals surface area (Å²) in [5.41, 5.74) is 13.1. The van der Waals surface area contributed by atoms with Crippen molar-refractivity contribution in [2.45, 2.75) is 19.3 Å². The van der Waals surface area contributed by atoms with Crippen molar-refractivity contribution in [3.8, 4) is 44.5 Å². The molecule has 0 amide bonds. The molecule has 0 aliphatic heterocycles. The second kappa shape index (κ2) is 12.2. The molecule has 0 nitrogen and oxygen atoms in total. The van der Waals surface area contributed by atoms with E-state index in [0.29, 0.717) is 0 Å². The zero-order chi connectivity index (χ0) is 39.0. The second-order valence-corrected chi connectivity index (χ2v) is 18.8. The van der Waals surface area contributed by atoms with E-state index in [-0.39, 0.29) is 5.41 Å². The molecule has 0 radical (unpaired) electrons. The highest BCUT2D eigenvalue weighted by Crippen LogP contribution is 2.53. The number of benzene rings is 10. The van der Waals surface area contributed by atoms with Gasteiger partial charge in [-0.25, -0.2) is 0 Å². The maximum absolute atomic E-state index is 2.50. The Bertz CT molecular complexity index is 3700. The molecule has 1 aliphatic carbocycles. The Morgan fingerprint density at radius 1 is 0.339 bits per heavy atom.